The second-order valence-electron chi connectivity index (χ2n) is 7.35. The van der Waals surface area contributed by atoms with Crippen LogP contribution in [0.1, 0.15) is 31.4 Å². The van der Waals surface area contributed by atoms with E-state index in [-0.39, 0.29) is 23.8 Å². The van der Waals surface area contributed by atoms with Gasteiger partial charge >= 0.3 is 0 Å². The van der Waals surface area contributed by atoms with Gasteiger partial charge in [0.25, 0.3) is 0 Å². The first kappa shape index (κ1) is 23.6. The molecule has 0 aliphatic carbocycles. The van der Waals surface area contributed by atoms with Gasteiger partial charge in [0, 0.05) is 24.2 Å². The predicted octanol–water partition coefficient (Wildman–Crippen LogP) is 2.29. The summed E-state index contributed by atoms with van der Waals surface area (Å²) in [6, 6.07) is 9.61. The van der Waals surface area contributed by atoms with E-state index < -0.39 is 6.04 Å². The first-order valence-electron chi connectivity index (χ1n) is 10.0. The molecule has 2 rings (SSSR count). The largest absolute Gasteiger partial charge is 0.384 e. The van der Waals surface area contributed by atoms with Crippen molar-refractivity contribution >= 4 is 29.2 Å². The molecule has 2 amide bonds. The maximum absolute atomic E-state index is 12.9. The quantitative estimate of drug-likeness (QED) is 0.461. The van der Waals surface area contributed by atoms with E-state index in [9.17, 15) is 9.59 Å². The lowest BCUT2D eigenvalue weighted by Gasteiger charge is -2.25. The molecule has 162 valence electrons. The summed E-state index contributed by atoms with van der Waals surface area (Å²) in [6.07, 6.45) is 2.81. The Kier molecular flexibility index (Phi) is 9.08. The second kappa shape index (κ2) is 11.5. The van der Waals surface area contributed by atoms with E-state index in [1.165, 1.54) is 0 Å². The SMILES string of the molecule is CCC(C)[C@@H](NC)C(=O)N[C@@H](Cc1ccc(Cl)cc1)C(=O)NCc1ccc(N)nc1. The zero-order valence-corrected chi connectivity index (χ0v) is 18.4. The Labute approximate surface area is 182 Å². The van der Waals surface area contributed by atoms with Gasteiger partial charge in [-0.1, -0.05) is 50.1 Å². The van der Waals surface area contributed by atoms with Gasteiger partial charge in [-0.15, -0.1) is 0 Å². The molecule has 7 nitrogen and oxygen atoms in total. The minimum absolute atomic E-state index is 0.134. The Morgan fingerprint density at radius 3 is 2.33 bits per heavy atom. The fourth-order valence-corrected chi connectivity index (χ4v) is 3.22. The summed E-state index contributed by atoms with van der Waals surface area (Å²) >= 11 is 5.96. The molecule has 30 heavy (non-hydrogen) atoms. The number of carbonyl (C=O) groups is 2. The lowest BCUT2D eigenvalue weighted by Crippen LogP contribution is -2.54. The summed E-state index contributed by atoms with van der Waals surface area (Å²) in [4.78, 5) is 29.8. The number of pyridine rings is 1. The number of hydrogen-bond donors (Lipinski definition) is 4. The van der Waals surface area contributed by atoms with Crippen LogP contribution in [0.25, 0.3) is 0 Å². The van der Waals surface area contributed by atoms with Gasteiger partial charge < -0.3 is 21.7 Å². The second-order valence-corrected chi connectivity index (χ2v) is 7.79. The lowest BCUT2D eigenvalue weighted by molar-refractivity contribution is -0.130. The topological polar surface area (TPSA) is 109 Å². The van der Waals surface area contributed by atoms with E-state index in [0.717, 1.165) is 17.5 Å². The maximum Gasteiger partial charge on any atom is 0.243 e. The molecule has 1 aromatic carbocycles. The van der Waals surface area contributed by atoms with Crippen LogP contribution in [-0.2, 0) is 22.6 Å². The first-order chi connectivity index (χ1) is 14.3. The molecule has 0 radical (unpaired) electrons. The number of halogens is 1. The molecule has 2 aromatic rings. The van der Waals surface area contributed by atoms with Crippen molar-refractivity contribution in [1.82, 2.24) is 20.9 Å². The van der Waals surface area contributed by atoms with Gasteiger partial charge in [0.15, 0.2) is 0 Å². The number of amides is 2. The fourth-order valence-electron chi connectivity index (χ4n) is 3.09. The van der Waals surface area contributed by atoms with Crippen molar-refractivity contribution < 1.29 is 9.59 Å². The van der Waals surface area contributed by atoms with Crippen molar-refractivity contribution in [2.75, 3.05) is 12.8 Å². The minimum Gasteiger partial charge on any atom is -0.384 e. The number of nitrogens with one attached hydrogen (secondary N) is 3. The molecule has 3 atom stereocenters. The Bertz CT molecular complexity index is 826. The Morgan fingerprint density at radius 1 is 1.10 bits per heavy atom. The number of nitrogens with zero attached hydrogens (tertiary/aromatic N) is 1. The number of likely N-dealkylation sites (N-methyl/N-ethyl adjacent to an activating group) is 1. The summed E-state index contributed by atoms with van der Waals surface area (Å²) in [5, 5.41) is 9.45. The van der Waals surface area contributed by atoms with Crippen LogP contribution in [0.5, 0.6) is 0 Å². The van der Waals surface area contributed by atoms with Crippen LogP contribution in [0.2, 0.25) is 5.02 Å². The summed E-state index contributed by atoms with van der Waals surface area (Å²) in [5.74, 6) is 0.0837. The summed E-state index contributed by atoms with van der Waals surface area (Å²) in [5.41, 5.74) is 7.32. The third-order valence-corrected chi connectivity index (χ3v) is 5.36. The van der Waals surface area contributed by atoms with Crippen molar-refractivity contribution in [1.29, 1.82) is 0 Å². The molecule has 0 spiro atoms. The molecule has 0 saturated carbocycles. The molecule has 0 fully saturated rings. The Morgan fingerprint density at radius 2 is 1.77 bits per heavy atom. The van der Waals surface area contributed by atoms with Gasteiger partial charge in [0.2, 0.25) is 11.8 Å². The zero-order chi connectivity index (χ0) is 22.1. The van der Waals surface area contributed by atoms with Crippen LogP contribution in [0.4, 0.5) is 5.82 Å². The summed E-state index contributed by atoms with van der Waals surface area (Å²) < 4.78 is 0. The van der Waals surface area contributed by atoms with Gasteiger partial charge in [-0.2, -0.15) is 0 Å². The van der Waals surface area contributed by atoms with E-state index in [1.54, 1.807) is 37.5 Å². The minimum atomic E-state index is -0.722. The maximum atomic E-state index is 12.9. The molecule has 1 heterocycles. The first-order valence-corrected chi connectivity index (χ1v) is 10.4. The number of nitrogens with two attached hydrogens (primary N) is 1. The van der Waals surface area contributed by atoms with Crippen molar-refractivity contribution in [3.8, 4) is 0 Å². The van der Waals surface area contributed by atoms with Crippen molar-refractivity contribution in [2.24, 2.45) is 5.92 Å². The third kappa shape index (κ3) is 7.00. The van der Waals surface area contributed by atoms with Crippen LogP contribution < -0.4 is 21.7 Å². The molecule has 0 bridgehead atoms. The standard InChI is InChI=1S/C22H30ClN5O2/c1-4-14(2)20(25-3)22(30)28-18(11-15-5-8-17(23)9-6-15)21(29)27-13-16-7-10-19(24)26-12-16/h5-10,12,14,18,20,25H,4,11,13H2,1-3H3,(H2,24,26)(H,27,29)(H,28,30)/t14?,18-,20+/m0/s1. The van der Waals surface area contributed by atoms with Crippen LogP contribution in [0.15, 0.2) is 42.6 Å². The molecule has 1 aromatic heterocycles. The lowest BCUT2D eigenvalue weighted by atomic mass is 9.97. The van der Waals surface area contributed by atoms with E-state index >= 15 is 0 Å². The third-order valence-electron chi connectivity index (χ3n) is 5.11. The van der Waals surface area contributed by atoms with Gasteiger partial charge in [0.05, 0.1) is 6.04 Å². The molecule has 1 unspecified atom stereocenters. The van der Waals surface area contributed by atoms with Crippen LogP contribution in [0, 0.1) is 5.92 Å². The number of rotatable bonds is 10. The number of aromatic nitrogens is 1. The highest BCUT2D eigenvalue weighted by atomic mass is 35.5. The zero-order valence-electron chi connectivity index (χ0n) is 17.6. The molecule has 0 aliphatic heterocycles. The molecule has 0 saturated heterocycles. The van der Waals surface area contributed by atoms with Crippen LogP contribution in [0.3, 0.4) is 0 Å². The van der Waals surface area contributed by atoms with Gasteiger partial charge in [-0.05, 0) is 42.3 Å². The highest BCUT2D eigenvalue weighted by Gasteiger charge is 2.27. The van der Waals surface area contributed by atoms with E-state index in [0.29, 0.717) is 23.8 Å². The number of benzene rings is 1. The molecule has 8 heteroatoms. The van der Waals surface area contributed by atoms with Gasteiger partial charge in [-0.3, -0.25) is 9.59 Å². The molecule has 5 N–H and O–H groups in total. The summed E-state index contributed by atoms with van der Waals surface area (Å²) in [7, 11) is 1.75. The molecule has 0 aliphatic rings. The van der Waals surface area contributed by atoms with Crippen molar-refractivity contribution in [2.45, 2.75) is 45.3 Å². The smallest absolute Gasteiger partial charge is 0.243 e. The normalized spacial score (nSPS) is 13.9. The average molecular weight is 432 g/mol. The van der Waals surface area contributed by atoms with Crippen LogP contribution in [-0.4, -0.2) is 35.9 Å². The molecular weight excluding hydrogens is 402 g/mol. The van der Waals surface area contributed by atoms with E-state index in [2.05, 4.69) is 20.9 Å². The highest BCUT2D eigenvalue weighted by Crippen LogP contribution is 2.13. The van der Waals surface area contributed by atoms with Gasteiger partial charge in [-0.25, -0.2) is 4.98 Å². The van der Waals surface area contributed by atoms with Crippen molar-refractivity contribution in [3.63, 3.8) is 0 Å². The number of anilines is 1. The number of hydrogen-bond acceptors (Lipinski definition) is 5. The number of carbonyl (C=O) groups excluding carboxylic acids is 2. The van der Waals surface area contributed by atoms with Crippen LogP contribution >= 0.6 is 11.6 Å². The Hall–Kier alpha value is -2.64. The van der Waals surface area contributed by atoms with E-state index in [1.807, 2.05) is 26.0 Å². The predicted molar refractivity (Wildman–Crippen MR) is 120 cm³/mol. The summed E-state index contributed by atoms with van der Waals surface area (Å²) in [6.45, 7) is 4.32. The average Bonchev–Trinajstić information content (AvgIpc) is 2.74. The molecular formula is C22H30ClN5O2. The highest BCUT2D eigenvalue weighted by molar-refractivity contribution is 6.30. The Balaban J connectivity index is 2.12. The monoisotopic (exact) mass is 431 g/mol. The van der Waals surface area contributed by atoms with Crippen molar-refractivity contribution in [3.05, 3.63) is 58.7 Å². The number of nitrogen functional groups attached to an aromatic ring is 1. The van der Waals surface area contributed by atoms with E-state index in [4.69, 9.17) is 17.3 Å². The fraction of sp³-hybridized carbons (Fsp3) is 0.409. The van der Waals surface area contributed by atoms with Gasteiger partial charge in [0.1, 0.15) is 11.9 Å².